The molecule has 0 aliphatic heterocycles. The molecule has 0 nitrogen and oxygen atoms in total. The van der Waals surface area contributed by atoms with E-state index < -0.39 is 0 Å². The van der Waals surface area contributed by atoms with Crippen LogP contribution in [0, 0.1) is 0 Å². The average Bonchev–Trinajstić information content (AvgIpc) is 2.02. The van der Waals surface area contributed by atoms with Crippen LogP contribution in [-0.2, 0) is 0 Å². The van der Waals surface area contributed by atoms with Crippen LogP contribution < -0.4 is 0 Å². The van der Waals surface area contributed by atoms with E-state index in [4.69, 9.17) is 34.8 Å². The number of hydrogen-bond donors (Lipinski definition) is 0. The number of halogens is 3. The lowest BCUT2D eigenvalue weighted by Crippen LogP contribution is -1.66. The first kappa shape index (κ1) is 11.1. The van der Waals surface area contributed by atoms with E-state index in [1.54, 1.807) is 18.2 Å². The van der Waals surface area contributed by atoms with E-state index in [0.717, 1.165) is 0 Å². The van der Waals surface area contributed by atoms with E-state index in [0.29, 0.717) is 15.1 Å². The second-order valence-electron chi connectivity index (χ2n) is 1.56. The van der Waals surface area contributed by atoms with Crippen molar-refractivity contribution in [2.75, 3.05) is 0 Å². The Balaban J connectivity index is 0.000000461. The fraction of sp³-hybridized carbons (Fsp3) is 0.250. The van der Waals surface area contributed by atoms with Crippen LogP contribution in [0.15, 0.2) is 18.2 Å². The van der Waals surface area contributed by atoms with Crippen molar-refractivity contribution in [3.8, 4) is 0 Å². The topological polar surface area (TPSA) is 0 Å². The summed E-state index contributed by atoms with van der Waals surface area (Å²) in [6.07, 6.45) is 0. The van der Waals surface area contributed by atoms with E-state index in [2.05, 4.69) is 0 Å². The highest BCUT2D eigenvalue weighted by Gasteiger charge is 1.94. The van der Waals surface area contributed by atoms with Gasteiger partial charge in [0, 0.05) is 5.02 Å². The normalized spacial score (nSPS) is 8.45. The molecular formula is C8H9Cl3. The Labute approximate surface area is 82.1 Å². The van der Waals surface area contributed by atoms with Crippen molar-refractivity contribution in [3.05, 3.63) is 33.3 Å². The maximum atomic E-state index is 5.60. The molecule has 1 rings (SSSR count). The third-order valence-electron chi connectivity index (χ3n) is 0.882. The molecule has 0 fully saturated rings. The van der Waals surface area contributed by atoms with Crippen molar-refractivity contribution >= 4 is 34.8 Å². The first-order chi connectivity index (χ1) is 5.20. The Morgan fingerprint density at radius 3 is 1.82 bits per heavy atom. The number of rotatable bonds is 0. The number of benzene rings is 1. The van der Waals surface area contributed by atoms with Crippen LogP contribution in [0.1, 0.15) is 13.8 Å². The molecule has 0 unspecified atom stereocenters. The maximum absolute atomic E-state index is 5.60. The van der Waals surface area contributed by atoms with Crippen LogP contribution in [0.25, 0.3) is 0 Å². The van der Waals surface area contributed by atoms with Gasteiger partial charge >= 0.3 is 0 Å². The van der Waals surface area contributed by atoms with Crippen LogP contribution in [0.4, 0.5) is 0 Å². The van der Waals surface area contributed by atoms with Crippen LogP contribution in [0.5, 0.6) is 0 Å². The van der Waals surface area contributed by atoms with Crippen molar-refractivity contribution in [3.63, 3.8) is 0 Å². The highest BCUT2D eigenvalue weighted by molar-refractivity contribution is 6.43. The summed E-state index contributed by atoms with van der Waals surface area (Å²) in [5, 5.41) is 1.62. The third kappa shape index (κ3) is 3.85. The molecule has 11 heavy (non-hydrogen) atoms. The van der Waals surface area contributed by atoms with Crippen molar-refractivity contribution < 1.29 is 0 Å². The van der Waals surface area contributed by atoms with E-state index in [9.17, 15) is 0 Å². The Kier molecular flexibility index (Phi) is 5.75. The molecular weight excluding hydrogens is 202 g/mol. The summed E-state index contributed by atoms with van der Waals surface area (Å²) in [4.78, 5) is 0. The zero-order valence-corrected chi connectivity index (χ0v) is 8.63. The van der Waals surface area contributed by atoms with Gasteiger partial charge in [-0.1, -0.05) is 48.7 Å². The Morgan fingerprint density at radius 1 is 0.909 bits per heavy atom. The standard InChI is InChI=1S/C6H3Cl3.C2H6/c7-4-1-2-5(8)6(9)3-4;1-2/h1-3H;1-2H3. The second-order valence-corrected chi connectivity index (χ2v) is 2.81. The lowest BCUT2D eigenvalue weighted by atomic mass is 10.4. The van der Waals surface area contributed by atoms with Gasteiger partial charge in [0.1, 0.15) is 0 Å². The van der Waals surface area contributed by atoms with Gasteiger partial charge in [-0.15, -0.1) is 0 Å². The Morgan fingerprint density at radius 2 is 1.45 bits per heavy atom. The monoisotopic (exact) mass is 210 g/mol. The van der Waals surface area contributed by atoms with Crippen LogP contribution in [0.2, 0.25) is 15.1 Å². The second kappa shape index (κ2) is 5.70. The Hall–Kier alpha value is 0.0900. The molecule has 0 aliphatic carbocycles. The quantitative estimate of drug-likeness (QED) is 0.547. The summed E-state index contributed by atoms with van der Waals surface area (Å²) < 4.78 is 0. The minimum absolute atomic E-state index is 0.490. The van der Waals surface area contributed by atoms with Gasteiger partial charge in [-0.25, -0.2) is 0 Å². The van der Waals surface area contributed by atoms with Gasteiger partial charge in [-0.2, -0.15) is 0 Å². The largest absolute Gasteiger partial charge is 0.0843 e. The van der Waals surface area contributed by atoms with Crippen molar-refractivity contribution in [1.29, 1.82) is 0 Å². The van der Waals surface area contributed by atoms with Gasteiger partial charge in [0.25, 0.3) is 0 Å². The molecule has 0 spiro atoms. The molecule has 62 valence electrons. The maximum Gasteiger partial charge on any atom is 0.0607 e. The molecule has 0 atom stereocenters. The van der Waals surface area contributed by atoms with Gasteiger partial charge in [-0.05, 0) is 18.2 Å². The molecule has 0 aromatic heterocycles. The minimum atomic E-state index is 0.490. The van der Waals surface area contributed by atoms with Crippen molar-refractivity contribution in [1.82, 2.24) is 0 Å². The van der Waals surface area contributed by atoms with Gasteiger partial charge in [0.2, 0.25) is 0 Å². The highest BCUT2D eigenvalue weighted by Crippen LogP contribution is 2.24. The molecule has 0 saturated heterocycles. The molecule has 0 saturated carbocycles. The lowest BCUT2D eigenvalue weighted by molar-refractivity contribution is 1.50. The number of hydrogen-bond acceptors (Lipinski definition) is 0. The van der Waals surface area contributed by atoms with E-state index in [1.165, 1.54) is 0 Å². The van der Waals surface area contributed by atoms with E-state index in [1.807, 2.05) is 13.8 Å². The summed E-state index contributed by atoms with van der Waals surface area (Å²) in [7, 11) is 0. The molecule has 0 N–H and O–H groups in total. The smallest absolute Gasteiger partial charge is 0.0607 e. The van der Waals surface area contributed by atoms with Crippen molar-refractivity contribution in [2.24, 2.45) is 0 Å². The van der Waals surface area contributed by atoms with Crippen LogP contribution in [-0.4, -0.2) is 0 Å². The third-order valence-corrected chi connectivity index (χ3v) is 1.86. The van der Waals surface area contributed by atoms with Gasteiger partial charge in [-0.3, -0.25) is 0 Å². The van der Waals surface area contributed by atoms with E-state index >= 15 is 0 Å². The Bertz CT molecular complexity index is 221. The zero-order valence-electron chi connectivity index (χ0n) is 6.37. The van der Waals surface area contributed by atoms with Crippen LogP contribution >= 0.6 is 34.8 Å². The van der Waals surface area contributed by atoms with Gasteiger partial charge in [0.15, 0.2) is 0 Å². The van der Waals surface area contributed by atoms with Crippen molar-refractivity contribution in [2.45, 2.75) is 13.8 Å². The molecule has 3 heteroatoms. The SMILES string of the molecule is CC.Clc1ccc(Cl)c(Cl)c1. The molecule has 1 aromatic rings. The first-order valence-corrected chi connectivity index (χ1v) is 4.44. The minimum Gasteiger partial charge on any atom is -0.0843 e. The first-order valence-electron chi connectivity index (χ1n) is 3.30. The highest BCUT2D eigenvalue weighted by atomic mass is 35.5. The lowest BCUT2D eigenvalue weighted by Gasteiger charge is -1.92. The summed E-state index contributed by atoms with van der Waals surface area (Å²) in [6, 6.07) is 4.95. The summed E-state index contributed by atoms with van der Waals surface area (Å²) >= 11 is 16.8. The fourth-order valence-corrected chi connectivity index (χ4v) is 0.997. The van der Waals surface area contributed by atoms with Crippen LogP contribution in [0.3, 0.4) is 0 Å². The summed E-state index contributed by atoms with van der Waals surface area (Å²) in [5.41, 5.74) is 0. The molecule has 0 heterocycles. The molecule has 0 bridgehead atoms. The predicted molar refractivity (Wildman–Crippen MR) is 52.8 cm³/mol. The summed E-state index contributed by atoms with van der Waals surface area (Å²) in [5.74, 6) is 0. The fourth-order valence-electron chi connectivity index (χ4n) is 0.470. The average molecular weight is 212 g/mol. The predicted octanol–water partition coefficient (Wildman–Crippen LogP) is 4.67. The molecule has 1 aromatic carbocycles. The molecule has 0 aliphatic rings. The zero-order chi connectivity index (χ0) is 8.85. The molecule has 0 amide bonds. The summed E-state index contributed by atoms with van der Waals surface area (Å²) in [6.45, 7) is 4.00. The van der Waals surface area contributed by atoms with E-state index in [-0.39, 0.29) is 0 Å². The molecule has 0 radical (unpaired) electrons. The van der Waals surface area contributed by atoms with Gasteiger partial charge < -0.3 is 0 Å². The van der Waals surface area contributed by atoms with Gasteiger partial charge in [0.05, 0.1) is 10.0 Å².